The van der Waals surface area contributed by atoms with Gasteiger partial charge in [0.05, 0.1) is 0 Å². The Morgan fingerprint density at radius 2 is 0.933 bits per heavy atom. The maximum absolute atomic E-state index is 2.36. The van der Waals surface area contributed by atoms with Crippen molar-refractivity contribution in [2.45, 2.75) is 53.9 Å². The summed E-state index contributed by atoms with van der Waals surface area (Å²) in [7, 11) is 0. The van der Waals surface area contributed by atoms with Crippen LogP contribution in [0.5, 0.6) is 0 Å². The number of benzene rings is 2. The van der Waals surface area contributed by atoms with Gasteiger partial charge in [-0.25, -0.2) is 18.3 Å². The predicted molar refractivity (Wildman–Crippen MR) is 117 cm³/mol. The number of aromatic nitrogens is 4. The Bertz CT molecular complexity index is 1050. The zero-order valence-electron chi connectivity index (χ0n) is 18.4. The Morgan fingerprint density at radius 1 is 0.567 bits per heavy atom. The first kappa shape index (κ1) is 18.9. The van der Waals surface area contributed by atoms with E-state index in [9.17, 15) is 0 Å². The third-order valence-electron chi connectivity index (χ3n) is 6.49. The van der Waals surface area contributed by atoms with Gasteiger partial charge in [0.1, 0.15) is 51.0 Å². The molecular weight excluding hydrogens is 368 g/mol. The Kier molecular flexibility index (Phi) is 4.58. The highest BCUT2D eigenvalue weighted by Crippen LogP contribution is 2.19. The molecule has 4 aliphatic rings. The minimum Gasteiger partial charge on any atom is -0.233 e. The molecule has 0 saturated carbocycles. The van der Waals surface area contributed by atoms with Gasteiger partial charge in [0.15, 0.2) is 0 Å². The van der Waals surface area contributed by atoms with Crippen molar-refractivity contribution in [3.8, 4) is 0 Å². The first-order chi connectivity index (χ1) is 14.4. The largest absolute Gasteiger partial charge is 0.244 e. The average Bonchev–Trinajstić information content (AvgIpc) is 3.32. The predicted octanol–water partition coefficient (Wildman–Crippen LogP) is 3.60. The summed E-state index contributed by atoms with van der Waals surface area (Å²) in [5.41, 5.74) is 11.0. The maximum Gasteiger partial charge on any atom is 0.244 e. The van der Waals surface area contributed by atoms with Crippen LogP contribution < -0.4 is 9.13 Å². The molecule has 4 nitrogen and oxygen atoms in total. The number of aryl methyl sites for hydroxylation is 4. The Hall–Kier alpha value is -3.14. The van der Waals surface area contributed by atoms with Crippen LogP contribution in [0.1, 0.15) is 44.5 Å². The van der Waals surface area contributed by atoms with Gasteiger partial charge >= 0.3 is 0 Å². The van der Waals surface area contributed by atoms with Crippen LogP contribution in [-0.4, -0.2) is 9.13 Å². The van der Waals surface area contributed by atoms with Crippen LogP contribution in [0.25, 0.3) is 0 Å². The zero-order valence-corrected chi connectivity index (χ0v) is 18.4. The Balaban J connectivity index is 1.62. The lowest BCUT2D eigenvalue weighted by Gasteiger charge is -2.11. The first-order valence-electron chi connectivity index (χ1n) is 10.7. The number of rotatable bonds is 0. The molecule has 0 atom stereocenters. The van der Waals surface area contributed by atoms with Gasteiger partial charge in [0.2, 0.25) is 12.7 Å². The van der Waals surface area contributed by atoms with E-state index in [-0.39, 0.29) is 0 Å². The van der Waals surface area contributed by atoms with Crippen LogP contribution in [0.4, 0.5) is 0 Å². The molecule has 4 aliphatic heterocycles. The summed E-state index contributed by atoms with van der Waals surface area (Å²) in [4.78, 5) is 0. The standard InChI is InChI=1S/C26H30N4/c1-19-9-24-14-28-7-8-30(18-28)16-26-12-21(3)25(11-22(26)4)15-29-6-5-27(17-29)13-23(19)10-20(24)2/h5-12,17-18H,13-16H2,1-4H3/q+2. The van der Waals surface area contributed by atoms with E-state index in [1.807, 2.05) is 0 Å². The third-order valence-corrected chi connectivity index (χ3v) is 6.49. The van der Waals surface area contributed by atoms with Gasteiger partial charge in [0.25, 0.3) is 0 Å². The highest BCUT2D eigenvalue weighted by atomic mass is 15.1. The van der Waals surface area contributed by atoms with Gasteiger partial charge in [-0.15, -0.1) is 0 Å². The van der Waals surface area contributed by atoms with E-state index >= 15 is 0 Å². The van der Waals surface area contributed by atoms with Crippen LogP contribution in [0.15, 0.2) is 61.7 Å². The van der Waals surface area contributed by atoms with Crippen LogP contribution in [0.2, 0.25) is 0 Å². The fraction of sp³-hybridized carbons (Fsp3) is 0.308. The summed E-state index contributed by atoms with van der Waals surface area (Å²) in [5, 5.41) is 0. The molecule has 2 aromatic carbocycles. The van der Waals surface area contributed by atoms with Crippen molar-refractivity contribution in [2.75, 3.05) is 0 Å². The monoisotopic (exact) mass is 398 g/mol. The summed E-state index contributed by atoms with van der Waals surface area (Å²) in [6.45, 7) is 12.5. The van der Waals surface area contributed by atoms with E-state index in [0.29, 0.717) is 0 Å². The average molecular weight is 399 g/mol. The summed E-state index contributed by atoms with van der Waals surface area (Å²) in [6, 6.07) is 9.45. The fourth-order valence-electron chi connectivity index (χ4n) is 4.59. The number of hydrogen-bond acceptors (Lipinski definition) is 0. The van der Waals surface area contributed by atoms with Gasteiger partial charge in [-0.2, -0.15) is 0 Å². The Morgan fingerprint density at radius 3 is 1.37 bits per heavy atom. The molecule has 0 unspecified atom stereocenters. The fourth-order valence-corrected chi connectivity index (χ4v) is 4.59. The number of imidazole rings is 2. The molecule has 152 valence electrons. The second-order valence-electron chi connectivity index (χ2n) is 8.93. The van der Waals surface area contributed by atoms with Crippen molar-refractivity contribution < 1.29 is 9.13 Å². The van der Waals surface area contributed by atoms with Gasteiger partial charge < -0.3 is 0 Å². The minimum atomic E-state index is 0.903. The molecule has 0 amide bonds. The van der Waals surface area contributed by atoms with E-state index in [1.54, 1.807) is 0 Å². The molecule has 0 saturated heterocycles. The molecule has 0 N–H and O–H groups in total. The summed E-state index contributed by atoms with van der Waals surface area (Å²) >= 11 is 0. The zero-order chi connectivity index (χ0) is 20.8. The molecule has 0 radical (unpaired) electrons. The van der Waals surface area contributed by atoms with Crippen molar-refractivity contribution in [2.24, 2.45) is 0 Å². The quantitative estimate of drug-likeness (QED) is 0.355. The maximum atomic E-state index is 2.36. The molecular formula is C26H30N4+2. The summed E-state index contributed by atoms with van der Waals surface area (Å²) in [5.74, 6) is 0. The van der Waals surface area contributed by atoms with Crippen molar-refractivity contribution >= 4 is 0 Å². The van der Waals surface area contributed by atoms with Gasteiger partial charge in [0, 0.05) is 0 Å². The first-order valence-corrected chi connectivity index (χ1v) is 10.7. The normalized spacial score (nSPS) is 13.5. The molecule has 2 aromatic heterocycles. The molecule has 6 heterocycles. The Labute approximate surface area is 178 Å². The molecule has 0 aliphatic carbocycles. The van der Waals surface area contributed by atoms with Crippen molar-refractivity contribution in [3.05, 3.63) is 106 Å². The van der Waals surface area contributed by atoms with Gasteiger partial charge in [-0.05, 0) is 72.2 Å². The van der Waals surface area contributed by atoms with Crippen molar-refractivity contribution in [3.63, 3.8) is 0 Å². The van der Waals surface area contributed by atoms with E-state index in [0.717, 1.165) is 26.2 Å². The minimum absolute atomic E-state index is 0.903. The van der Waals surface area contributed by atoms with Crippen molar-refractivity contribution in [1.82, 2.24) is 9.13 Å². The molecule has 8 bridgehead atoms. The molecule has 0 spiro atoms. The van der Waals surface area contributed by atoms with Crippen LogP contribution in [-0.2, 0) is 26.2 Å². The third kappa shape index (κ3) is 3.58. The highest BCUT2D eigenvalue weighted by Gasteiger charge is 2.15. The van der Waals surface area contributed by atoms with Crippen molar-refractivity contribution in [1.29, 1.82) is 0 Å². The molecule has 0 fully saturated rings. The number of hydrogen-bond donors (Lipinski definition) is 0. The van der Waals surface area contributed by atoms with Crippen LogP contribution >= 0.6 is 0 Å². The lowest BCUT2D eigenvalue weighted by atomic mass is 9.99. The SMILES string of the molecule is Cc1cc2c(C)cc1Cn1cc[n+](c1)Cc1cc(C)c(cc1C)Cn1cc[n+](c1)C2. The molecule has 4 aromatic rings. The van der Waals surface area contributed by atoms with Gasteiger partial charge in [-0.1, -0.05) is 24.3 Å². The number of nitrogens with zero attached hydrogens (tertiary/aromatic N) is 4. The summed E-state index contributed by atoms with van der Waals surface area (Å²) in [6.07, 6.45) is 13.2. The van der Waals surface area contributed by atoms with E-state index in [2.05, 4.69) is 108 Å². The second-order valence-corrected chi connectivity index (χ2v) is 8.93. The summed E-state index contributed by atoms with van der Waals surface area (Å²) < 4.78 is 9.15. The molecule has 30 heavy (non-hydrogen) atoms. The van der Waals surface area contributed by atoms with Crippen LogP contribution in [0, 0.1) is 27.7 Å². The highest BCUT2D eigenvalue weighted by molar-refractivity contribution is 5.38. The molecule has 4 heteroatoms. The smallest absolute Gasteiger partial charge is 0.233 e. The molecule has 8 rings (SSSR count). The van der Waals surface area contributed by atoms with Gasteiger partial charge in [-0.3, -0.25) is 0 Å². The van der Waals surface area contributed by atoms with E-state index in [4.69, 9.17) is 0 Å². The lowest BCUT2D eigenvalue weighted by Crippen LogP contribution is -2.32. The van der Waals surface area contributed by atoms with Crippen LogP contribution in [0.3, 0.4) is 0 Å². The van der Waals surface area contributed by atoms with E-state index < -0.39 is 0 Å². The topological polar surface area (TPSA) is 17.6 Å². The lowest BCUT2D eigenvalue weighted by molar-refractivity contribution is -0.688. The second kappa shape index (κ2) is 7.28. The van der Waals surface area contributed by atoms with E-state index in [1.165, 1.54) is 44.5 Å².